The number of amides is 2. The molecule has 2 amide bonds. The van der Waals surface area contributed by atoms with Crippen molar-refractivity contribution in [3.63, 3.8) is 0 Å². The number of ketones is 1. The molecule has 0 radical (unpaired) electrons. The van der Waals surface area contributed by atoms with Crippen LogP contribution in [-0.4, -0.2) is 63.9 Å². The van der Waals surface area contributed by atoms with Crippen LogP contribution in [0.1, 0.15) is 20.8 Å². The minimum atomic E-state index is -1.34. The van der Waals surface area contributed by atoms with Crippen LogP contribution in [-0.2, 0) is 14.4 Å². The third-order valence-corrected chi connectivity index (χ3v) is 2.87. The van der Waals surface area contributed by atoms with E-state index in [4.69, 9.17) is 14.7 Å². The van der Waals surface area contributed by atoms with Crippen molar-refractivity contribution in [2.24, 2.45) is 0 Å². The Morgan fingerprint density at radius 2 is 2.05 bits per heavy atom. The number of Topliss-reactive ketones (excluding diaryl/α,β-unsaturated/α-hetero) is 1. The Hall–Kier alpha value is -1.83. The molecule has 0 aromatic carbocycles. The Morgan fingerprint density at radius 1 is 1.42 bits per heavy atom. The second-order valence-corrected chi connectivity index (χ2v) is 5.49. The number of nitrogens with zero attached hydrogens (tertiary/aromatic N) is 2. The first kappa shape index (κ1) is 13.6. The standard InChI is InChI=1S/C11H16N2O6/c1-11(2,3)19-10(17)12-4-7(14)8-6(12)5-18-13(8)9(15)16/h6,8H,4-5H2,1-3H3,(H,15,16). The van der Waals surface area contributed by atoms with Gasteiger partial charge in [0, 0.05) is 0 Å². The smallest absolute Gasteiger partial charge is 0.432 e. The van der Waals surface area contributed by atoms with E-state index < -0.39 is 29.9 Å². The Bertz CT molecular complexity index is 429. The highest BCUT2D eigenvalue weighted by Crippen LogP contribution is 2.28. The zero-order chi connectivity index (χ0) is 14.4. The minimum absolute atomic E-state index is 0.0258. The first-order valence-corrected chi connectivity index (χ1v) is 5.88. The topological polar surface area (TPSA) is 96.4 Å². The summed E-state index contributed by atoms with van der Waals surface area (Å²) in [6.07, 6.45) is -1.98. The van der Waals surface area contributed by atoms with E-state index in [2.05, 4.69) is 0 Å². The minimum Gasteiger partial charge on any atom is -0.463 e. The molecule has 2 atom stereocenters. The number of rotatable bonds is 0. The van der Waals surface area contributed by atoms with Gasteiger partial charge in [0.05, 0.1) is 19.2 Å². The average molecular weight is 272 g/mol. The summed E-state index contributed by atoms with van der Waals surface area (Å²) in [6, 6.07) is -1.57. The van der Waals surface area contributed by atoms with Crippen molar-refractivity contribution in [3.8, 4) is 0 Å². The number of hydrogen-bond donors (Lipinski definition) is 1. The lowest BCUT2D eigenvalue weighted by molar-refractivity contribution is -0.137. The van der Waals surface area contributed by atoms with E-state index in [9.17, 15) is 14.4 Å². The van der Waals surface area contributed by atoms with Gasteiger partial charge in [-0.3, -0.25) is 14.5 Å². The lowest BCUT2D eigenvalue weighted by Gasteiger charge is -2.26. The summed E-state index contributed by atoms with van der Waals surface area (Å²) in [6.45, 7) is 4.97. The zero-order valence-corrected chi connectivity index (χ0v) is 11.0. The summed E-state index contributed by atoms with van der Waals surface area (Å²) >= 11 is 0. The normalized spacial score (nSPS) is 26.6. The number of likely N-dealkylation sites (tertiary alicyclic amines) is 1. The van der Waals surface area contributed by atoms with Crippen LogP contribution in [0.3, 0.4) is 0 Å². The van der Waals surface area contributed by atoms with Crippen molar-refractivity contribution in [3.05, 3.63) is 0 Å². The summed E-state index contributed by atoms with van der Waals surface area (Å²) in [4.78, 5) is 40.8. The molecule has 0 aliphatic carbocycles. The summed E-state index contributed by atoms with van der Waals surface area (Å²) in [5.74, 6) is -0.365. The number of carbonyl (C=O) groups is 3. The van der Waals surface area contributed by atoms with Crippen molar-refractivity contribution in [2.75, 3.05) is 13.2 Å². The molecule has 0 saturated carbocycles. The van der Waals surface area contributed by atoms with Gasteiger partial charge in [-0.05, 0) is 20.8 Å². The van der Waals surface area contributed by atoms with E-state index in [1.807, 2.05) is 0 Å². The molecule has 0 aromatic heterocycles. The number of fused-ring (bicyclic) bond motifs is 1. The summed E-state index contributed by atoms with van der Waals surface area (Å²) < 4.78 is 5.19. The van der Waals surface area contributed by atoms with Crippen LogP contribution in [0, 0.1) is 0 Å². The molecule has 2 aliphatic rings. The Labute approximate surface area is 109 Å². The fraction of sp³-hybridized carbons (Fsp3) is 0.727. The van der Waals surface area contributed by atoms with Crippen LogP contribution in [0.4, 0.5) is 9.59 Å². The van der Waals surface area contributed by atoms with Crippen LogP contribution in [0.25, 0.3) is 0 Å². The third-order valence-electron chi connectivity index (χ3n) is 2.87. The maximum Gasteiger partial charge on any atom is 0.432 e. The number of carboxylic acid groups (broad SMARTS) is 1. The number of hydroxylamine groups is 2. The summed E-state index contributed by atoms with van der Waals surface area (Å²) in [5.41, 5.74) is -0.676. The van der Waals surface area contributed by atoms with Crippen molar-refractivity contribution in [1.29, 1.82) is 0 Å². The second kappa shape index (κ2) is 4.37. The molecular formula is C11H16N2O6. The van der Waals surface area contributed by atoms with Crippen LogP contribution in [0.15, 0.2) is 0 Å². The van der Waals surface area contributed by atoms with E-state index in [1.54, 1.807) is 20.8 Å². The molecule has 19 heavy (non-hydrogen) atoms. The molecule has 2 aliphatic heterocycles. The molecule has 2 fully saturated rings. The number of carbonyl (C=O) groups excluding carboxylic acids is 2. The second-order valence-electron chi connectivity index (χ2n) is 5.49. The monoisotopic (exact) mass is 272 g/mol. The quantitative estimate of drug-likeness (QED) is 0.688. The predicted octanol–water partition coefficient (Wildman–Crippen LogP) is 0.469. The van der Waals surface area contributed by atoms with Gasteiger partial charge in [-0.25, -0.2) is 9.59 Å². The number of hydrogen-bond acceptors (Lipinski definition) is 5. The highest BCUT2D eigenvalue weighted by molar-refractivity contribution is 5.95. The summed E-state index contributed by atoms with van der Waals surface area (Å²) in [7, 11) is 0. The SMILES string of the molecule is CC(C)(C)OC(=O)N1CC(=O)C2C1CON2C(=O)O. The average Bonchev–Trinajstić information content (AvgIpc) is 2.77. The van der Waals surface area contributed by atoms with Gasteiger partial charge < -0.3 is 9.84 Å². The Morgan fingerprint density at radius 3 is 2.58 bits per heavy atom. The molecule has 2 unspecified atom stereocenters. The first-order valence-electron chi connectivity index (χ1n) is 5.88. The van der Waals surface area contributed by atoms with Gasteiger partial charge in [0.15, 0.2) is 5.78 Å². The molecule has 8 heteroatoms. The molecule has 0 spiro atoms. The lowest BCUT2D eigenvalue weighted by Crippen LogP contribution is -2.44. The zero-order valence-electron chi connectivity index (χ0n) is 11.0. The highest BCUT2D eigenvalue weighted by Gasteiger charge is 2.54. The van der Waals surface area contributed by atoms with Gasteiger partial charge in [0.2, 0.25) is 0 Å². The van der Waals surface area contributed by atoms with E-state index in [0.717, 1.165) is 0 Å². The highest BCUT2D eigenvalue weighted by atomic mass is 16.7. The van der Waals surface area contributed by atoms with Gasteiger partial charge >= 0.3 is 12.2 Å². The summed E-state index contributed by atoms with van der Waals surface area (Å²) in [5, 5.41) is 9.51. The molecule has 0 bridgehead atoms. The number of ether oxygens (including phenoxy) is 1. The van der Waals surface area contributed by atoms with E-state index in [1.165, 1.54) is 4.90 Å². The largest absolute Gasteiger partial charge is 0.463 e. The first-order chi connectivity index (χ1) is 8.70. The van der Waals surface area contributed by atoms with Gasteiger partial charge in [0.25, 0.3) is 0 Å². The molecule has 8 nitrogen and oxygen atoms in total. The molecule has 106 valence electrons. The fourth-order valence-corrected chi connectivity index (χ4v) is 2.16. The van der Waals surface area contributed by atoms with Crippen LogP contribution in [0.5, 0.6) is 0 Å². The van der Waals surface area contributed by atoms with Crippen LogP contribution in [0.2, 0.25) is 0 Å². The van der Waals surface area contributed by atoms with Gasteiger partial charge in [0.1, 0.15) is 11.6 Å². The Balaban J connectivity index is 2.13. The van der Waals surface area contributed by atoms with E-state index >= 15 is 0 Å². The van der Waals surface area contributed by atoms with E-state index in [0.29, 0.717) is 5.06 Å². The predicted molar refractivity (Wildman–Crippen MR) is 61.3 cm³/mol. The molecule has 0 aromatic rings. The third kappa shape index (κ3) is 2.48. The van der Waals surface area contributed by atoms with Crippen LogP contribution >= 0.6 is 0 Å². The molecular weight excluding hydrogens is 256 g/mol. The van der Waals surface area contributed by atoms with Crippen LogP contribution < -0.4 is 0 Å². The Kier molecular flexibility index (Phi) is 3.13. The van der Waals surface area contributed by atoms with Crippen molar-refractivity contribution >= 4 is 18.0 Å². The fourth-order valence-electron chi connectivity index (χ4n) is 2.16. The van der Waals surface area contributed by atoms with Gasteiger partial charge in [-0.15, -0.1) is 0 Å². The lowest BCUT2D eigenvalue weighted by atomic mass is 10.1. The maximum absolute atomic E-state index is 12.0. The molecule has 2 rings (SSSR count). The van der Waals surface area contributed by atoms with Crippen molar-refractivity contribution < 1.29 is 29.1 Å². The van der Waals surface area contributed by atoms with Gasteiger partial charge in [-0.1, -0.05) is 0 Å². The molecule has 2 heterocycles. The van der Waals surface area contributed by atoms with Gasteiger partial charge in [-0.2, -0.15) is 5.06 Å². The van der Waals surface area contributed by atoms with E-state index in [-0.39, 0.29) is 18.9 Å². The maximum atomic E-state index is 12.0. The van der Waals surface area contributed by atoms with Crippen molar-refractivity contribution in [1.82, 2.24) is 9.96 Å². The van der Waals surface area contributed by atoms with Crippen molar-refractivity contribution in [2.45, 2.75) is 38.5 Å². The molecule has 1 N–H and O–H groups in total. The molecule has 2 saturated heterocycles.